The van der Waals surface area contributed by atoms with Crippen LogP contribution in [0.1, 0.15) is 5.69 Å². The van der Waals surface area contributed by atoms with Gasteiger partial charge in [0.25, 0.3) is 0 Å². The first-order valence-corrected chi connectivity index (χ1v) is 8.34. The number of rotatable bonds is 3. The second-order valence-electron chi connectivity index (χ2n) is 4.73. The first-order chi connectivity index (χ1) is 10.4. The van der Waals surface area contributed by atoms with Gasteiger partial charge in [0, 0.05) is 24.0 Å². The van der Waals surface area contributed by atoms with Gasteiger partial charge >= 0.3 is 0 Å². The van der Waals surface area contributed by atoms with Crippen molar-refractivity contribution in [1.29, 1.82) is 0 Å². The van der Waals surface area contributed by atoms with E-state index in [2.05, 4.69) is 15.4 Å². The lowest BCUT2D eigenvalue weighted by Gasteiger charge is -2.05. The molecule has 3 aromatic rings. The van der Waals surface area contributed by atoms with Gasteiger partial charge in [0.1, 0.15) is 0 Å². The van der Waals surface area contributed by atoms with Gasteiger partial charge in [-0.3, -0.25) is 0 Å². The molecule has 3 rings (SSSR count). The van der Waals surface area contributed by atoms with Crippen molar-refractivity contribution in [2.45, 2.75) is 16.7 Å². The van der Waals surface area contributed by atoms with Gasteiger partial charge in [0.15, 0.2) is 16.4 Å². The molecule has 0 aliphatic rings. The van der Waals surface area contributed by atoms with E-state index in [1.807, 2.05) is 0 Å². The SMILES string of the molecule is CNc1nn2ccc(C)nc2c1S(=O)(=O)c1cccc(Cl)c1. The highest BCUT2D eigenvalue weighted by Gasteiger charge is 2.28. The van der Waals surface area contributed by atoms with Crippen LogP contribution in [0.3, 0.4) is 0 Å². The maximum absolute atomic E-state index is 13.0. The first kappa shape index (κ1) is 14.8. The summed E-state index contributed by atoms with van der Waals surface area (Å²) in [5.41, 5.74) is 0.988. The zero-order chi connectivity index (χ0) is 15.9. The van der Waals surface area contributed by atoms with Crippen LogP contribution in [-0.2, 0) is 9.84 Å². The maximum atomic E-state index is 13.0. The third kappa shape index (κ3) is 2.32. The number of fused-ring (bicyclic) bond motifs is 1. The minimum absolute atomic E-state index is 0.0426. The molecule has 0 saturated heterocycles. The summed E-state index contributed by atoms with van der Waals surface area (Å²) < 4.78 is 27.4. The van der Waals surface area contributed by atoms with Crippen molar-refractivity contribution in [3.05, 3.63) is 47.2 Å². The average Bonchev–Trinajstić information content (AvgIpc) is 2.85. The molecule has 0 unspecified atom stereocenters. The molecule has 0 aliphatic heterocycles. The van der Waals surface area contributed by atoms with Crippen LogP contribution in [0.2, 0.25) is 5.02 Å². The van der Waals surface area contributed by atoms with Crippen LogP contribution < -0.4 is 5.32 Å². The Morgan fingerprint density at radius 3 is 2.73 bits per heavy atom. The number of aryl methyl sites for hydroxylation is 1. The van der Waals surface area contributed by atoms with E-state index in [1.165, 1.54) is 16.6 Å². The summed E-state index contributed by atoms with van der Waals surface area (Å²) in [5, 5.41) is 7.38. The fourth-order valence-corrected chi connectivity index (χ4v) is 3.97. The molecule has 1 N–H and O–H groups in total. The molecule has 1 aromatic carbocycles. The molecule has 22 heavy (non-hydrogen) atoms. The number of halogens is 1. The Balaban J connectivity index is 2.35. The van der Waals surface area contributed by atoms with E-state index >= 15 is 0 Å². The van der Waals surface area contributed by atoms with Crippen molar-refractivity contribution in [1.82, 2.24) is 14.6 Å². The molecule has 114 valence electrons. The van der Waals surface area contributed by atoms with Crippen LogP contribution in [-0.4, -0.2) is 30.1 Å². The Bertz CT molecular complexity index is 966. The van der Waals surface area contributed by atoms with Crippen molar-refractivity contribution in [2.24, 2.45) is 0 Å². The van der Waals surface area contributed by atoms with Gasteiger partial charge in [-0.2, -0.15) is 0 Å². The summed E-state index contributed by atoms with van der Waals surface area (Å²) >= 11 is 5.91. The normalized spacial score (nSPS) is 11.8. The number of hydrogen-bond acceptors (Lipinski definition) is 5. The summed E-state index contributed by atoms with van der Waals surface area (Å²) in [5.74, 6) is 0.248. The highest BCUT2D eigenvalue weighted by atomic mass is 35.5. The Kier molecular flexibility index (Phi) is 3.54. The molecule has 0 atom stereocenters. The largest absolute Gasteiger partial charge is 0.370 e. The van der Waals surface area contributed by atoms with E-state index in [1.54, 1.807) is 38.4 Å². The lowest BCUT2D eigenvalue weighted by Crippen LogP contribution is -2.05. The van der Waals surface area contributed by atoms with Gasteiger partial charge in [0.05, 0.1) is 4.90 Å². The Hall–Kier alpha value is -2.12. The molecule has 0 spiro atoms. The van der Waals surface area contributed by atoms with E-state index in [0.717, 1.165) is 0 Å². The van der Waals surface area contributed by atoms with Crippen molar-refractivity contribution >= 4 is 32.9 Å². The number of nitrogens with one attached hydrogen (secondary N) is 1. The number of nitrogens with zero attached hydrogens (tertiary/aromatic N) is 3. The molecule has 0 radical (unpaired) electrons. The van der Waals surface area contributed by atoms with Gasteiger partial charge in [-0.25, -0.2) is 17.9 Å². The topological polar surface area (TPSA) is 76.4 Å². The average molecular weight is 337 g/mol. The number of aromatic nitrogens is 3. The highest BCUT2D eigenvalue weighted by Crippen LogP contribution is 2.31. The maximum Gasteiger partial charge on any atom is 0.214 e. The zero-order valence-corrected chi connectivity index (χ0v) is 13.5. The number of sulfone groups is 1. The predicted molar refractivity (Wildman–Crippen MR) is 84.2 cm³/mol. The van der Waals surface area contributed by atoms with Gasteiger partial charge in [-0.1, -0.05) is 17.7 Å². The molecule has 2 aromatic heterocycles. The molecule has 0 amide bonds. The van der Waals surface area contributed by atoms with E-state index in [9.17, 15) is 8.42 Å². The zero-order valence-electron chi connectivity index (χ0n) is 11.9. The Morgan fingerprint density at radius 2 is 2.05 bits per heavy atom. The third-order valence-corrected chi connectivity index (χ3v) is 5.22. The quantitative estimate of drug-likeness (QED) is 0.795. The monoisotopic (exact) mass is 336 g/mol. The second kappa shape index (κ2) is 5.26. The van der Waals surface area contributed by atoms with E-state index in [4.69, 9.17) is 11.6 Å². The van der Waals surface area contributed by atoms with Crippen LogP contribution in [0.5, 0.6) is 0 Å². The standard InChI is InChI=1S/C14H13ClN4O2S/c1-9-6-7-19-14(17-9)12(13(16-2)18-19)22(20,21)11-5-3-4-10(15)8-11/h3-8H,1-2H3,(H,16,18). The minimum atomic E-state index is -3.80. The second-order valence-corrected chi connectivity index (χ2v) is 7.05. The molecular weight excluding hydrogens is 324 g/mol. The predicted octanol–water partition coefficient (Wildman–Crippen LogP) is 2.57. The molecule has 8 heteroatoms. The smallest absolute Gasteiger partial charge is 0.214 e. The van der Waals surface area contributed by atoms with Crippen LogP contribution in [0, 0.1) is 6.92 Å². The van der Waals surface area contributed by atoms with Crippen LogP contribution >= 0.6 is 11.6 Å². The fraction of sp³-hybridized carbons (Fsp3) is 0.143. The fourth-order valence-electron chi connectivity index (χ4n) is 2.16. The van der Waals surface area contributed by atoms with Crippen molar-refractivity contribution in [3.63, 3.8) is 0 Å². The molecular formula is C14H13ClN4O2S. The van der Waals surface area contributed by atoms with Gasteiger partial charge in [0.2, 0.25) is 9.84 Å². The minimum Gasteiger partial charge on any atom is -0.370 e. The van der Waals surface area contributed by atoms with Gasteiger partial charge in [-0.05, 0) is 31.2 Å². The number of anilines is 1. The van der Waals surface area contributed by atoms with Crippen molar-refractivity contribution in [2.75, 3.05) is 12.4 Å². The van der Waals surface area contributed by atoms with E-state index < -0.39 is 9.84 Å². The molecule has 0 fully saturated rings. The Morgan fingerprint density at radius 1 is 1.27 bits per heavy atom. The van der Waals surface area contributed by atoms with Crippen molar-refractivity contribution < 1.29 is 8.42 Å². The molecule has 6 nitrogen and oxygen atoms in total. The molecule has 0 aliphatic carbocycles. The van der Waals surface area contributed by atoms with E-state index in [-0.39, 0.29) is 21.3 Å². The van der Waals surface area contributed by atoms with Crippen molar-refractivity contribution in [3.8, 4) is 0 Å². The Labute approximate surface area is 132 Å². The summed E-state index contributed by atoms with van der Waals surface area (Å²) in [6.45, 7) is 1.79. The molecule has 0 bridgehead atoms. The van der Waals surface area contributed by atoms with Gasteiger partial charge in [-0.15, -0.1) is 5.10 Å². The summed E-state index contributed by atoms with van der Waals surface area (Å²) in [6, 6.07) is 7.89. The molecule has 0 saturated carbocycles. The van der Waals surface area contributed by atoms with E-state index in [0.29, 0.717) is 10.7 Å². The van der Waals surface area contributed by atoms with Gasteiger partial charge < -0.3 is 5.32 Å². The summed E-state index contributed by atoms with van der Waals surface area (Å²) in [6.07, 6.45) is 1.68. The van der Waals surface area contributed by atoms with Crippen LogP contribution in [0.15, 0.2) is 46.3 Å². The molecule has 2 heterocycles. The number of hydrogen-bond donors (Lipinski definition) is 1. The first-order valence-electron chi connectivity index (χ1n) is 6.48. The summed E-state index contributed by atoms with van der Waals surface area (Å²) in [4.78, 5) is 4.46. The summed E-state index contributed by atoms with van der Waals surface area (Å²) in [7, 11) is -2.18. The number of benzene rings is 1. The third-order valence-electron chi connectivity index (χ3n) is 3.19. The van der Waals surface area contributed by atoms with Crippen LogP contribution in [0.4, 0.5) is 5.82 Å². The lowest BCUT2D eigenvalue weighted by molar-refractivity contribution is 0.597. The van der Waals surface area contributed by atoms with Crippen LogP contribution in [0.25, 0.3) is 5.65 Å². The highest BCUT2D eigenvalue weighted by molar-refractivity contribution is 7.91. The lowest BCUT2D eigenvalue weighted by atomic mass is 10.4.